The topological polar surface area (TPSA) is 26.3 Å². The van der Waals surface area contributed by atoms with Crippen LogP contribution < -0.4 is 0 Å². The van der Waals surface area contributed by atoms with Crippen molar-refractivity contribution in [2.45, 2.75) is 63.9 Å². The Balaban J connectivity index is 1.73. The van der Waals surface area contributed by atoms with Gasteiger partial charge in [-0.3, -0.25) is 4.79 Å². The number of rotatable bonds is 9. The summed E-state index contributed by atoms with van der Waals surface area (Å²) < 4.78 is 4.95. The smallest absolute Gasteiger partial charge is 0.309 e. The summed E-state index contributed by atoms with van der Waals surface area (Å²) in [6.07, 6.45) is 12.9. The SMILES string of the molecule is C=CCCCCCCCCC1CC(=O)O1. The molecule has 0 aromatic heterocycles. The number of ether oxygens (including phenoxy) is 1. The lowest BCUT2D eigenvalue weighted by Gasteiger charge is -2.25. The van der Waals surface area contributed by atoms with Gasteiger partial charge in [-0.2, -0.15) is 0 Å². The summed E-state index contributed by atoms with van der Waals surface area (Å²) in [5.74, 6) is -0.0237. The van der Waals surface area contributed by atoms with Gasteiger partial charge >= 0.3 is 5.97 Å². The Morgan fingerprint density at radius 2 is 1.80 bits per heavy atom. The maximum Gasteiger partial charge on any atom is 0.309 e. The van der Waals surface area contributed by atoms with E-state index < -0.39 is 0 Å². The number of carbonyl (C=O) groups excluding carboxylic acids is 1. The van der Waals surface area contributed by atoms with E-state index in [4.69, 9.17) is 4.74 Å². The molecule has 2 heteroatoms. The van der Waals surface area contributed by atoms with Crippen molar-refractivity contribution in [2.24, 2.45) is 0 Å². The molecule has 1 heterocycles. The number of hydrogen-bond acceptors (Lipinski definition) is 2. The Morgan fingerprint density at radius 3 is 2.40 bits per heavy atom. The molecule has 1 aliphatic rings. The van der Waals surface area contributed by atoms with E-state index in [1.165, 1.54) is 38.5 Å². The highest BCUT2D eigenvalue weighted by molar-refractivity contribution is 5.75. The molecule has 0 spiro atoms. The van der Waals surface area contributed by atoms with Gasteiger partial charge in [-0.15, -0.1) is 6.58 Å². The second-order valence-corrected chi connectivity index (χ2v) is 4.30. The zero-order chi connectivity index (χ0) is 10.9. The van der Waals surface area contributed by atoms with Crippen molar-refractivity contribution < 1.29 is 9.53 Å². The van der Waals surface area contributed by atoms with Crippen molar-refractivity contribution in [1.29, 1.82) is 0 Å². The van der Waals surface area contributed by atoms with Crippen LogP contribution in [0.2, 0.25) is 0 Å². The highest BCUT2D eigenvalue weighted by Crippen LogP contribution is 2.20. The number of cyclic esters (lactones) is 1. The van der Waals surface area contributed by atoms with Crippen LogP contribution >= 0.6 is 0 Å². The molecule has 0 amide bonds. The Labute approximate surface area is 92.7 Å². The van der Waals surface area contributed by atoms with Crippen molar-refractivity contribution >= 4 is 5.97 Å². The third kappa shape index (κ3) is 5.60. The predicted molar refractivity (Wildman–Crippen MR) is 61.6 cm³/mol. The Kier molecular flexibility index (Phi) is 6.14. The van der Waals surface area contributed by atoms with E-state index in [0.29, 0.717) is 6.42 Å². The molecule has 1 rings (SSSR count). The van der Waals surface area contributed by atoms with E-state index in [1.807, 2.05) is 6.08 Å². The molecule has 1 aliphatic heterocycles. The minimum Gasteiger partial charge on any atom is -0.462 e. The minimum atomic E-state index is -0.0237. The van der Waals surface area contributed by atoms with E-state index in [2.05, 4.69) is 6.58 Å². The number of esters is 1. The highest BCUT2D eigenvalue weighted by atomic mass is 16.6. The first-order valence-corrected chi connectivity index (χ1v) is 6.13. The molecule has 0 aromatic rings. The van der Waals surface area contributed by atoms with E-state index in [0.717, 1.165) is 12.8 Å². The fourth-order valence-corrected chi connectivity index (χ4v) is 1.89. The van der Waals surface area contributed by atoms with Crippen molar-refractivity contribution in [3.63, 3.8) is 0 Å². The zero-order valence-corrected chi connectivity index (χ0v) is 9.54. The van der Waals surface area contributed by atoms with Gasteiger partial charge in [0.2, 0.25) is 0 Å². The molecule has 1 saturated heterocycles. The fraction of sp³-hybridized carbons (Fsp3) is 0.769. The van der Waals surface area contributed by atoms with Crippen LogP contribution in [0.5, 0.6) is 0 Å². The summed E-state index contributed by atoms with van der Waals surface area (Å²) in [4.78, 5) is 10.5. The van der Waals surface area contributed by atoms with Crippen LogP contribution in [0.3, 0.4) is 0 Å². The van der Waals surface area contributed by atoms with Crippen molar-refractivity contribution in [3.05, 3.63) is 12.7 Å². The Hall–Kier alpha value is -0.790. The average molecular weight is 210 g/mol. The second kappa shape index (κ2) is 7.49. The van der Waals surface area contributed by atoms with Crippen LogP contribution in [0.15, 0.2) is 12.7 Å². The molecule has 1 fully saturated rings. The molecule has 0 N–H and O–H groups in total. The third-order valence-electron chi connectivity index (χ3n) is 2.88. The molecule has 0 aromatic carbocycles. The highest BCUT2D eigenvalue weighted by Gasteiger charge is 2.27. The fourth-order valence-electron chi connectivity index (χ4n) is 1.89. The third-order valence-corrected chi connectivity index (χ3v) is 2.88. The summed E-state index contributed by atoms with van der Waals surface area (Å²) in [6.45, 7) is 3.71. The maximum absolute atomic E-state index is 10.5. The van der Waals surface area contributed by atoms with Gasteiger partial charge in [-0.05, 0) is 25.7 Å². The first kappa shape index (κ1) is 12.3. The van der Waals surface area contributed by atoms with Gasteiger partial charge < -0.3 is 4.74 Å². The largest absolute Gasteiger partial charge is 0.462 e. The number of allylic oxidation sites excluding steroid dienone is 1. The number of hydrogen-bond donors (Lipinski definition) is 0. The monoisotopic (exact) mass is 210 g/mol. The van der Waals surface area contributed by atoms with Gasteiger partial charge in [0.05, 0.1) is 6.42 Å². The first-order valence-electron chi connectivity index (χ1n) is 6.13. The molecule has 0 radical (unpaired) electrons. The van der Waals surface area contributed by atoms with Gasteiger partial charge in [0, 0.05) is 0 Å². The van der Waals surface area contributed by atoms with Crippen LogP contribution in [0, 0.1) is 0 Å². The molecule has 15 heavy (non-hydrogen) atoms. The summed E-state index contributed by atoms with van der Waals surface area (Å²) in [5.41, 5.74) is 0. The minimum absolute atomic E-state index is 0.0237. The van der Waals surface area contributed by atoms with E-state index in [1.54, 1.807) is 0 Å². The standard InChI is InChI=1S/C13H22O2/c1-2-3-4-5-6-7-8-9-10-12-11-13(14)15-12/h2,12H,1,3-11H2. The summed E-state index contributed by atoms with van der Waals surface area (Å²) in [5, 5.41) is 0. The molecule has 2 nitrogen and oxygen atoms in total. The van der Waals surface area contributed by atoms with Gasteiger partial charge in [0.1, 0.15) is 6.10 Å². The molecule has 0 aliphatic carbocycles. The van der Waals surface area contributed by atoms with E-state index in [-0.39, 0.29) is 12.1 Å². The van der Waals surface area contributed by atoms with Crippen molar-refractivity contribution in [3.8, 4) is 0 Å². The quantitative estimate of drug-likeness (QED) is 0.330. The van der Waals surface area contributed by atoms with Crippen molar-refractivity contribution in [2.75, 3.05) is 0 Å². The van der Waals surface area contributed by atoms with Gasteiger partial charge in [-0.25, -0.2) is 0 Å². The van der Waals surface area contributed by atoms with Crippen LogP contribution in [0.25, 0.3) is 0 Å². The van der Waals surface area contributed by atoms with E-state index in [9.17, 15) is 4.79 Å². The summed E-state index contributed by atoms with van der Waals surface area (Å²) in [6, 6.07) is 0. The Bertz CT molecular complexity index is 191. The number of unbranched alkanes of at least 4 members (excludes halogenated alkanes) is 6. The zero-order valence-electron chi connectivity index (χ0n) is 9.54. The average Bonchev–Trinajstić information content (AvgIpc) is 2.19. The molecule has 86 valence electrons. The molecule has 1 atom stereocenters. The van der Waals surface area contributed by atoms with Gasteiger partial charge in [0.15, 0.2) is 0 Å². The van der Waals surface area contributed by atoms with Crippen molar-refractivity contribution in [1.82, 2.24) is 0 Å². The maximum atomic E-state index is 10.5. The molecule has 0 bridgehead atoms. The second-order valence-electron chi connectivity index (χ2n) is 4.30. The summed E-state index contributed by atoms with van der Waals surface area (Å²) >= 11 is 0. The van der Waals surface area contributed by atoms with Crippen LogP contribution in [0.1, 0.15) is 57.8 Å². The Morgan fingerprint density at radius 1 is 1.20 bits per heavy atom. The van der Waals surface area contributed by atoms with Crippen LogP contribution in [0.4, 0.5) is 0 Å². The normalized spacial score (nSPS) is 19.5. The predicted octanol–water partition coefficient (Wildman–Crippen LogP) is 3.61. The molecule has 1 unspecified atom stereocenters. The van der Waals surface area contributed by atoms with Crippen LogP contribution in [-0.2, 0) is 9.53 Å². The number of carbonyl (C=O) groups is 1. The lowest BCUT2D eigenvalue weighted by atomic mass is 10.0. The van der Waals surface area contributed by atoms with Gasteiger partial charge in [-0.1, -0.05) is 31.8 Å². The molecule has 0 saturated carbocycles. The van der Waals surface area contributed by atoms with E-state index >= 15 is 0 Å². The lowest BCUT2D eigenvalue weighted by molar-refractivity contribution is -0.169. The van der Waals surface area contributed by atoms with Gasteiger partial charge in [0.25, 0.3) is 0 Å². The van der Waals surface area contributed by atoms with Crippen LogP contribution in [-0.4, -0.2) is 12.1 Å². The molecular weight excluding hydrogens is 188 g/mol. The lowest BCUT2D eigenvalue weighted by Crippen LogP contribution is -2.32. The molecular formula is C13H22O2. The summed E-state index contributed by atoms with van der Waals surface area (Å²) in [7, 11) is 0. The first-order chi connectivity index (χ1) is 7.33.